The van der Waals surface area contributed by atoms with Crippen LogP contribution < -0.4 is 5.73 Å². The first kappa shape index (κ1) is 8.27. The topological polar surface area (TPSA) is 43.8 Å². The van der Waals surface area contributed by atoms with Gasteiger partial charge in [0.15, 0.2) is 0 Å². The van der Waals surface area contributed by atoms with E-state index in [0.29, 0.717) is 0 Å². The van der Waals surface area contributed by atoms with Gasteiger partial charge >= 0.3 is 0 Å². The van der Waals surface area contributed by atoms with Crippen LogP contribution in [0.5, 0.6) is 0 Å². The van der Waals surface area contributed by atoms with Gasteiger partial charge in [-0.05, 0) is 26.8 Å². The fourth-order valence-electron chi connectivity index (χ4n) is 1.16. The number of nitrogens with two attached hydrogens (primary N) is 1. The van der Waals surface area contributed by atoms with Gasteiger partial charge in [0.05, 0.1) is 5.69 Å². The first-order chi connectivity index (χ1) is 5.24. The maximum Gasteiger partial charge on any atom is 0.105 e. The van der Waals surface area contributed by atoms with Gasteiger partial charge in [-0.25, -0.2) is 4.98 Å². The maximum absolute atomic E-state index is 5.40. The molecule has 0 bridgehead atoms. The van der Waals surface area contributed by atoms with Crippen molar-refractivity contribution in [3.05, 3.63) is 17.7 Å². The Morgan fingerprint density at radius 1 is 1.55 bits per heavy atom. The number of hydrogen-bond donors (Lipinski definition) is 1. The molecule has 0 aliphatic rings. The van der Waals surface area contributed by atoms with E-state index in [-0.39, 0.29) is 0 Å². The average Bonchev–Trinajstić information content (AvgIpc) is 2.26. The molecular formula is C8H15N3. The molecule has 0 saturated heterocycles. The lowest BCUT2D eigenvalue weighted by Crippen LogP contribution is -2.06. The second kappa shape index (κ2) is 3.53. The average molecular weight is 153 g/mol. The van der Waals surface area contributed by atoms with Crippen molar-refractivity contribution >= 4 is 0 Å². The van der Waals surface area contributed by atoms with Crippen LogP contribution in [0.2, 0.25) is 0 Å². The molecule has 3 heteroatoms. The fourth-order valence-corrected chi connectivity index (χ4v) is 1.16. The highest BCUT2D eigenvalue weighted by molar-refractivity contribution is 4.99. The van der Waals surface area contributed by atoms with E-state index in [2.05, 4.69) is 15.7 Å². The van der Waals surface area contributed by atoms with Crippen molar-refractivity contribution < 1.29 is 0 Å². The summed E-state index contributed by atoms with van der Waals surface area (Å²) < 4.78 is 2.14. The van der Waals surface area contributed by atoms with Crippen LogP contribution in [0.15, 0.2) is 6.20 Å². The Labute approximate surface area is 67.2 Å². The number of nitrogens with zero attached hydrogens (tertiary/aromatic N) is 2. The summed E-state index contributed by atoms with van der Waals surface area (Å²) in [7, 11) is 0. The molecule has 3 nitrogen and oxygen atoms in total. The van der Waals surface area contributed by atoms with Gasteiger partial charge in [0.2, 0.25) is 0 Å². The molecule has 0 spiro atoms. The number of aryl methyl sites for hydroxylation is 3. The van der Waals surface area contributed by atoms with Crippen LogP contribution in [-0.2, 0) is 6.54 Å². The van der Waals surface area contributed by atoms with E-state index in [9.17, 15) is 0 Å². The summed E-state index contributed by atoms with van der Waals surface area (Å²) in [6.07, 6.45) is 3.08. The van der Waals surface area contributed by atoms with E-state index in [0.717, 1.165) is 31.0 Å². The molecule has 62 valence electrons. The predicted octanol–water partition coefficient (Wildman–Crippen LogP) is 0.849. The predicted molar refractivity (Wildman–Crippen MR) is 45.4 cm³/mol. The molecular weight excluding hydrogens is 138 g/mol. The minimum Gasteiger partial charge on any atom is -0.335 e. The van der Waals surface area contributed by atoms with Crippen molar-refractivity contribution in [2.45, 2.75) is 26.8 Å². The minimum absolute atomic E-state index is 0.747. The molecule has 0 amide bonds. The molecule has 1 heterocycles. The van der Waals surface area contributed by atoms with Crippen LogP contribution in [0.1, 0.15) is 17.9 Å². The monoisotopic (exact) mass is 153 g/mol. The zero-order chi connectivity index (χ0) is 8.27. The lowest BCUT2D eigenvalue weighted by molar-refractivity contribution is 0.633. The normalized spacial score (nSPS) is 10.5. The Hall–Kier alpha value is -0.830. The van der Waals surface area contributed by atoms with Crippen molar-refractivity contribution in [3.63, 3.8) is 0 Å². The van der Waals surface area contributed by atoms with E-state index >= 15 is 0 Å². The summed E-state index contributed by atoms with van der Waals surface area (Å²) in [6, 6.07) is 0. The minimum atomic E-state index is 0.747. The fraction of sp³-hybridized carbons (Fsp3) is 0.625. The Bertz CT molecular complexity index is 227. The van der Waals surface area contributed by atoms with Gasteiger partial charge in [-0.2, -0.15) is 0 Å². The van der Waals surface area contributed by atoms with Crippen LogP contribution in [0.3, 0.4) is 0 Å². The Kier molecular flexibility index (Phi) is 2.65. The highest BCUT2D eigenvalue weighted by Crippen LogP contribution is 2.01. The van der Waals surface area contributed by atoms with Crippen LogP contribution in [0, 0.1) is 13.8 Å². The maximum atomic E-state index is 5.40. The van der Waals surface area contributed by atoms with Crippen LogP contribution in [0.25, 0.3) is 0 Å². The van der Waals surface area contributed by atoms with Crippen molar-refractivity contribution in [2.24, 2.45) is 5.73 Å². The summed E-state index contributed by atoms with van der Waals surface area (Å²) in [5.41, 5.74) is 6.48. The Morgan fingerprint density at radius 2 is 2.27 bits per heavy atom. The summed E-state index contributed by atoms with van der Waals surface area (Å²) in [6.45, 7) is 5.76. The molecule has 0 fully saturated rings. The smallest absolute Gasteiger partial charge is 0.105 e. The lowest BCUT2D eigenvalue weighted by atomic mass is 10.4. The van der Waals surface area contributed by atoms with Crippen molar-refractivity contribution in [1.82, 2.24) is 9.55 Å². The molecule has 0 unspecified atom stereocenters. The molecule has 1 aromatic heterocycles. The van der Waals surface area contributed by atoms with E-state index in [4.69, 9.17) is 5.73 Å². The Balaban J connectivity index is 2.62. The van der Waals surface area contributed by atoms with Gasteiger partial charge in [0.1, 0.15) is 5.82 Å². The third-order valence-electron chi connectivity index (χ3n) is 1.70. The zero-order valence-electron chi connectivity index (χ0n) is 7.17. The van der Waals surface area contributed by atoms with Gasteiger partial charge in [-0.1, -0.05) is 0 Å². The summed E-state index contributed by atoms with van der Waals surface area (Å²) in [5.74, 6) is 1.08. The van der Waals surface area contributed by atoms with Crippen LogP contribution in [-0.4, -0.2) is 16.1 Å². The standard InChI is InChI=1S/C8H15N3/c1-7-6-11(5-3-4-9)8(2)10-7/h6H,3-5,9H2,1-2H3. The van der Waals surface area contributed by atoms with E-state index < -0.39 is 0 Å². The molecule has 11 heavy (non-hydrogen) atoms. The number of aromatic nitrogens is 2. The molecule has 0 aliphatic carbocycles. The summed E-state index contributed by atoms with van der Waals surface area (Å²) in [4.78, 5) is 4.29. The first-order valence-corrected chi connectivity index (χ1v) is 3.94. The Morgan fingerprint density at radius 3 is 2.73 bits per heavy atom. The van der Waals surface area contributed by atoms with Gasteiger partial charge in [0.25, 0.3) is 0 Å². The molecule has 0 saturated carbocycles. The highest BCUT2D eigenvalue weighted by atomic mass is 15.1. The van der Waals surface area contributed by atoms with Gasteiger partial charge in [0, 0.05) is 12.7 Å². The van der Waals surface area contributed by atoms with Crippen molar-refractivity contribution in [3.8, 4) is 0 Å². The quantitative estimate of drug-likeness (QED) is 0.699. The summed E-state index contributed by atoms with van der Waals surface area (Å²) >= 11 is 0. The van der Waals surface area contributed by atoms with E-state index in [1.54, 1.807) is 0 Å². The molecule has 1 aromatic rings. The van der Waals surface area contributed by atoms with Crippen molar-refractivity contribution in [1.29, 1.82) is 0 Å². The van der Waals surface area contributed by atoms with Crippen LogP contribution in [0.4, 0.5) is 0 Å². The number of hydrogen-bond acceptors (Lipinski definition) is 2. The largest absolute Gasteiger partial charge is 0.335 e. The second-order valence-corrected chi connectivity index (χ2v) is 2.77. The number of imidazole rings is 1. The van der Waals surface area contributed by atoms with Crippen molar-refractivity contribution in [2.75, 3.05) is 6.54 Å². The molecule has 0 aliphatic heterocycles. The summed E-state index contributed by atoms with van der Waals surface area (Å²) in [5, 5.41) is 0. The van der Waals surface area contributed by atoms with E-state index in [1.807, 2.05) is 13.8 Å². The lowest BCUT2D eigenvalue weighted by Gasteiger charge is -2.01. The molecule has 0 aromatic carbocycles. The van der Waals surface area contributed by atoms with Gasteiger partial charge in [-0.3, -0.25) is 0 Å². The van der Waals surface area contributed by atoms with Gasteiger partial charge in [-0.15, -0.1) is 0 Å². The SMILES string of the molecule is Cc1cn(CCCN)c(C)n1. The van der Waals surface area contributed by atoms with E-state index in [1.165, 1.54) is 0 Å². The second-order valence-electron chi connectivity index (χ2n) is 2.77. The molecule has 0 atom stereocenters. The van der Waals surface area contributed by atoms with Gasteiger partial charge < -0.3 is 10.3 Å². The first-order valence-electron chi connectivity index (χ1n) is 3.94. The third kappa shape index (κ3) is 2.05. The zero-order valence-corrected chi connectivity index (χ0v) is 7.17. The molecule has 2 N–H and O–H groups in total. The molecule has 0 radical (unpaired) electrons. The van der Waals surface area contributed by atoms with Crippen LogP contribution >= 0.6 is 0 Å². The third-order valence-corrected chi connectivity index (χ3v) is 1.70. The highest BCUT2D eigenvalue weighted by Gasteiger charge is 1.97. The number of rotatable bonds is 3. The molecule has 1 rings (SSSR count).